The van der Waals surface area contributed by atoms with Gasteiger partial charge in [0.25, 0.3) is 0 Å². The number of nitrogens with one attached hydrogen (secondary N) is 1. The minimum Gasteiger partial charge on any atom is -0.317 e. The average molecular weight is 297 g/mol. The number of carbonyl (C=O) groups excluding carboxylic acids is 1. The molecule has 1 heterocycles. The van der Waals surface area contributed by atoms with Crippen molar-refractivity contribution in [3.05, 3.63) is 29.8 Å². The summed E-state index contributed by atoms with van der Waals surface area (Å²) in [7, 11) is 1.88. The molecule has 1 fully saturated rings. The monoisotopic (exact) mass is 296 g/mol. The number of hydrogen-bond acceptors (Lipinski definition) is 2. The minimum absolute atomic E-state index is 0. The first-order valence-corrected chi connectivity index (χ1v) is 7.18. The number of anilines is 1. The molecule has 1 amide bonds. The molecule has 0 atom stereocenters. The summed E-state index contributed by atoms with van der Waals surface area (Å²) in [5.41, 5.74) is 2.30. The van der Waals surface area contributed by atoms with Crippen LogP contribution in [0.1, 0.15) is 38.2 Å². The number of piperidine rings is 1. The van der Waals surface area contributed by atoms with E-state index in [9.17, 15) is 4.79 Å². The van der Waals surface area contributed by atoms with Crippen LogP contribution in [-0.4, -0.2) is 26.0 Å². The standard InChI is InChI=1S/C16H24N2O.ClH/c1-12(2)13-4-6-15(7-5-13)18(3)16(19)14-8-10-17-11-9-14;/h4-7,12,14,17H,8-11H2,1-3H3;1H. The van der Waals surface area contributed by atoms with Gasteiger partial charge in [0, 0.05) is 18.7 Å². The van der Waals surface area contributed by atoms with E-state index in [1.807, 2.05) is 19.2 Å². The normalized spacial score (nSPS) is 15.8. The van der Waals surface area contributed by atoms with Gasteiger partial charge in [0.05, 0.1) is 0 Å². The number of halogens is 1. The molecule has 1 saturated heterocycles. The van der Waals surface area contributed by atoms with Gasteiger partial charge in [0.1, 0.15) is 0 Å². The zero-order valence-electron chi connectivity index (χ0n) is 12.6. The second-order valence-corrected chi connectivity index (χ2v) is 5.67. The third kappa shape index (κ3) is 3.97. The Bertz CT molecular complexity index is 425. The lowest BCUT2D eigenvalue weighted by Gasteiger charge is -2.27. The molecule has 3 nitrogen and oxygen atoms in total. The SMILES string of the molecule is CC(C)c1ccc(N(C)C(=O)C2CCNCC2)cc1.Cl. The topological polar surface area (TPSA) is 32.3 Å². The Morgan fingerprint density at radius 2 is 1.75 bits per heavy atom. The predicted octanol–water partition coefficient (Wildman–Crippen LogP) is 3.19. The van der Waals surface area contributed by atoms with Crippen LogP contribution in [0.3, 0.4) is 0 Å². The van der Waals surface area contributed by atoms with Gasteiger partial charge in [-0.3, -0.25) is 4.79 Å². The van der Waals surface area contributed by atoms with Crippen LogP contribution >= 0.6 is 12.4 Å². The molecule has 1 N–H and O–H groups in total. The van der Waals surface area contributed by atoms with Gasteiger partial charge in [0.15, 0.2) is 0 Å². The first-order chi connectivity index (χ1) is 9.09. The Kier molecular flexibility index (Phi) is 6.50. The second kappa shape index (κ2) is 7.65. The van der Waals surface area contributed by atoms with Crippen molar-refractivity contribution in [1.29, 1.82) is 0 Å². The van der Waals surface area contributed by atoms with Gasteiger partial charge in [-0.05, 0) is 49.5 Å². The highest BCUT2D eigenvalue weighted by Gasteiger charge is 2.24. The van der Waals surface area contributed by atoms with Gasteiger partial charge in [-0.15, -0.1) is 12.4 Å². The number of hydrogen-bond donors (Lipinski definition) is 1. The Morgan fingerprint density at radius 3 is 2.25 bits per heavy atom. The van der Waals surface area contributed by atoms with E-state index in [1.54, 1.807) is 4.90 Å². The van der Waals surface area contributed by atoms with Gasteiger partial charge >= 0.3 is 0 Å². The van der Waals surface area contributed by atoms with Crippen LogP contribution in [-0.2, 0) is 4.79 Å². The molecule has 1 aromatic rings. The Balaban J connectivity index is 0.00000200. The maximum atomic E-state index is 12.4. The van der Waals surface area contributed by atoms with Crippen molar-refractivity contribution in [2.24, 2.45) is 5.92 Å². The van der Waals surface area contributed by atoms with Crippen molar-refractivity contribution in [1.82, 2.24) is 5.32 Å². The van der Waals surface area contributed by atoms with Crippen molar-refractivity contribution in [2.75, 3.05) is 25.0 Å². The first kappa shape index (κ1) is 17.0. The van der Waals surface area contributed by atoms with Crippen LogP contribution in [0.25, 0.3) is 0 Å². The summed E-state index contributed by atoms with van der Waals surface area (Å²) in [4.78, 5) is 14.2. The van der Waals surface area contributed by atoms with E-state index in [4.69, 9.17) is 0 Å². The van der Waals surface area contributed by atoms with Gasteiger partial charge < -0.3 is 10.2 Å². The van der Waals surface area contributed by atoms with E-state index in [0.717, 1.165) is 31.6 Å². The quantitative estimate of drug-likeness (QED) is 0.929. The highest BCUT2D eigenvalue weighted by atomic mass is 35.5. The molecule has 2 rings (SSSR count). The number of benzene rings is 1. The van der Waals surface area contributed by atoms with Crippen LogP contribution in [0.5, 0.6) is 0 Å². The van der Waals surface area contributed by atoms with Crippen molar-refractivity contribution >= 4 is 24.0 Å². The summed E-state index contributed by atoms with van der Waals surface area (Å²) in [5, 5.41) is 3.30. The maximum absolute atomic E-state index is 12.4. The third-order valence-corrected chi connectivity index (χ3v) is 3.97. The Hall–Kier alpha value is -1.06. The summed E-state index contributed by atoms with van der Waals surface area (Å²) in [6, 6.07) is 8.33. The highest BCUT2D eigenvalue weighted by molar-refractivity contribution is 5.94. The Morgan fingerprint density at radius 1 is 1.20 bits per heavy atom. The largest absolute Gasteiger partial charge is 0.317 e. The van der Waals surface area contributed by atoms with Crippen molar-refractivity contribution in [2.45, 2.75) is 32.6 Å². The lowest BCUT2D eigenvalue weighted by molar-refractivity contribution is -0.122. The summed E-state index contributed by atoms with van der Waals surface area (Å²) in [5.74, 6) is 0.953. The number of nitrogens with zero attached hydrogens (tertiary/aromatic N) is 1. The van der Waals surface area contributed by atoms with Crippen molar-refractivity contribution in [3.63, 3.8) is 0 Å². The lowest BCUT2D eigenvalue weighted by atomic mass is 9.96. The molecule has 0 radical (unpaired) electrons. The van der Waals surface area contributed by atoms with E-state index < -0.39 is 0 Å². The molecule has 0 unspecified atom stereocenters. The lowest BCUT2D eigenvalue weighted by Crippen LogP contribution is -2.39. The third-order valence-electron chi connectivity index (χ3n) is 3.97. The maximum Gasteiger partial charge on any atom is 0.229 e. The van der Waals surface area contributed by atoms with E-state index in [0.29, 0.717) is 5.92 Å². The summed E-state index contributed by atoms with van der Waals surface area (Å²) in [6.07, 6.45) is 1.90. The predicted molar refractivity (Wildman–Crippen MR) is 86.8 cm³/mol. The zero-order chi connectivity index (χ0) is 13.8. The van der Waals surface area contributed by atoms with Crippen molar-refractivity contribution < 1.29 is 4.79 Å². The first-order valence-electron chi connectivity index (χ1n) is 7.18. The average Bonchev–Trinajstić information content (AvgIpc) is 2.46. The van der Waals surface area contributed by atoms with Gasteiger partial charge in [-0.2, -0.15) is 0 Å². The second-order valence-electron chi connectivity index (χ2n) is 5.67. The molecule has 1 aromatic carbocycles. The molecular formula is C16H25ClN2O. The van der Waals surface area contributed by atoms with Crippen LogP contribution in [0.15, 0.2) is 24.3 Å². The van der Waals surface area contributed by atoms with Gasteiger partial charge in [-0.1, -0.05) is 26.0 Å². The number of carbonyl (C=O) groups is 1. The van der Waals surface area contributed by atoms with Crippen LogP contribution in [0, 0.1) is 5.92 Å². The zero-order valence-corrected chi connectivity index (χ0v) is 13.4. The molecule has 0 saturated carbocycles. The van der Waals surface area contributed by atoms with Crippen LogP contribution in [0.2, 0.25) is 0 Å². The van der Waals surface area contributed by atoms with Crippen molar-refractivity contribution in [3.8, 4) is 0 Å². The van der Waals surface area contributed by atoms with Crippen LogP contribution < -0.4 is 10.2 Å². The van der Waals surface area contributed by atoms with Crippen LogP contribution in [0.4, 0.5) is 5.69 Å². The summed E-state index contributed by atoms with van der Waals surface area (Å²) in [6.45, 7) is 6.27. The van der Waals surface area contributed by atoms with E-state index in [2.05, 4.69) is 31.3 Å². The van der Waals surface area contributed by atoms with E-state index >= 15 is 0 Å². The molecular weight excluding hydrogens is 272 g/mol. The van der Waals surface area contributed by atoms with Gasteiger partial charge in [0.2, 0.25) is 5.91 Å². The molecule has 112 valence electrons. The number of amides is 1. The fraction of sp³-hybridized carbons (Fsp3) is 0.562. The van der Waals surface area contributed by atoms with E-state index in [-0.39, 0.29) is 24.2 Å². The molecule has 0 spiro atoms. The fourth-order valence-electron chi connectivity index (χ4n) is 2.55. The van der Waals surface area contributed by atoms with E-state index in [1.165, 1.54) is 5.56 Å². The molecule has 0 aromatic heterocycles. The highest BCUT2D eigenvalue weighted by Crippen LogP contribution is 2.22. The smallest absolute Gasteiger partial charge is 0.229 e. The molecule has 20 heavy (non-hydrogen) atoms. The molecule has 4 heteroatoms. The Labute approximate surface area is 128 Å². The fourth-order valence-corrected chi connectivity index (χ4v) is 2.55. The molecule has 0 bridgehead atoms. The van der Waals surface area contributed by atoms with Gasteiger partial charge in [-0.25, -0.2) is 0 Å². The minimum atomic E-state index is 0. The molecule has 1 aliphatic heterocycles. The molecule has 1 aliphatic rings. The molecule has 0 aliphatic carbocycles. The summed E-state index contributed by atoms with van der Waals surface area (Å²) < 4.78 is 0. The number of rotatable bonds is 3. The summed E-state index contributed by atoms with van der Waals surface area (Å²) >= 11 is 0.